The van der Waals surface area contributed by atoms with E-state index in [-0.39, 0.29) is 82.7 Å². The maximum Gasteiger partial charge on any atom is 0.313 e. The Morgan fingerprint density at radius 1 is 0.750 bits per heavy atom. The van der Waals surface area contributed by atoms with Crippen LogP contribution in [0.2, 0.25) is 0 Å². The van der Waals surface area contributed by atoms with Gasteiger partial charge in [0, 0.05) is 24.7 Å². The van der Waals surface area contributed by atoms with E-state index in [0.29, 0.717) is 12.8 Å². The number of fused-ring (bicyclic) bond motifs is 2. The second-order valence-corrected chi connectivity index (χ2v) is 10.4. The highest BCUT2D eigenvalue weighted by Gasteiger charge is 3.01. The molecule has 148 valence electrons. The van der Waals surface area contributed by atoms with Gasteiger partial charge in [0.2, 0.25) is 0 Å². The van der Waals surface area contributed by atoms with Crippen molar-refractivity contribution in [1.29, 1.82) is 0 Å². The van der Waals surface area contributed by atoms with E-state index in [9.17, 15) is 19.2 Å². The van der Waals surface area contributed by atoms with Gasteiger partial charge in [-0.3, -0.25) is 19.2 Å². The van der Waals surface area contributed by atoms with Gasteiger partial charge in [0.05, 0.1) is 25.0 Å². The Labute approximate surface area is 162 Å². The topological polar surface area (TPSA) is 86.7 Å². The fraction of sp³-hybridized carbons (Fsp3) is 0.818. The van der Waals surface area contributed by atoms with E-state index in [1.165, 1.54) is 14.2 Å². The summed E-state index contributed by atoms with van der Waals surface area (Å²) >= 11 is 0. The molecule has 0 radical (unpaired) electrons. The Kier molecular flexibility index (Phi) is 2.53. The van der Waals surface area contributed by atoms with Crippen LogP contribution in [0.1, 0.15) is 25.7 Å². The fourth-order valence-electron chi connectivity index (χ4n) is 11.2. The van der Waals surface area contributed by atoms with Crippen LogP contribution >= 0.6 is 0 Å². The number of hydrogen-bond donors (Lipinski definition) is 0. The summed E-state index contributed by atoms with van der Waals surface area (Å²) in [5.74, 6) is 0.217. The minimum atomic E-state index is -1.03. The molecule has 0 aromatic rings. The molecule has 8 aliphatic rings. The Hall–Kier alpha value is -1.72. The molecule has 28 heavy (non-hydrogen) atoms. The van der Waals surface area contributed by atoms with Crippen LogP contribution in [0.25, 0.3) is 0 Å². The lowest BCUT2D eigenvalue weighted by atomic mass is 9.43. The Bertz CT molecular complexity index is 839. The van der Waals surface area contributed by atoms with Gasteiger partial charge in [0.1, 0.15) is 11.6 Å². The van der Waals surface area contributed by atoms with Crippen LogP contribution in [0.4, 0.5) is 0 Å². The highest BCUT2D eigenvalue weighted by Crippen LogP contribution is 2.97. The number of hydrogen-bond acceptors (Lipinski definition) is 6. The van der Waals surface area contributed by atoms with Crippen LogP contribution in [-0.4, -0.2) is 37.7 Å². The quantitative estimate of drug-likeness (QED) is 0.666. The normalized spacial score (nSPS) is 60.6. The lowest BCUT2D eigenvalue weighted by Crippen LogP contribution is -2.66. The summed E-state index contributed by atoms with van der Waals surface area (Å²) < 4.78 is 10.8. The molecule has 8 rings (SSSR count). The summed E-state index contributed by atoms with van der Waals surface area (Å²) in [6.07, 6.45) is 2.76. The summed E-state index contributed by atoms with van der Waals surface area (Å²) in [5.41, 5.74) is -1.90. The number of esters is 2. The first-order valence-electron chi connectivity index (χ1n) is 10.7. The van der Waals surface area contributed by atoms with Crippen molar-refractivity contribution in [1.82, 2.24) is 0 Å². The molecule has 0 amide bonds. The van der Waals surface area contributed by atoms with E-state index in [4.69, 9.17) is 9.47 Å². The first-order valence-corrected chi connectivity index (χ1v) is 10.7. The van der Waals surface area contributed by atoms with Crippen molar-refractivity contribution in [2.75, 3.05) is 14.2 Å². The molecule has 0 aliphatic heterocycles. The van der Waals surface area contributed by atoms with Crippen LogP contribution in [0.3, 0.4) is 0 Å². The van der Waals surface area contributed by atoms with Crippen molar-refractivity contribution in [3.8, 4) is 0 Å². The van der Waals surface area contributed by atoms with Gasteiger partial charge >= 0.3 is 11.9 Å². The Morgan fingerprint density at radius 3 is 1.54 bits per heavy atom. The second-order valence-electron chi connectivity index (χ2n) is 10.4. The SMILES string of the molecule is COC(=O)C12[C@@H]3[C@H]4CCC(=O)[C@@H]4[C@@H]4[C@@H]3[C@@H]3[C@@H]1[C@@H]1CCC(=O)[C@@H]1[C@@H]3C42C(=O)OC. The fourth-order valence-corrected chi connectivity index (χ4v) is 11.2. The van der Waals surface area contributed by atoms with E-state index in [2.05, 4.69) is 0 Å². The monoisotopic (exact) mass is 384 g/mol. The summed E-state index contributed by atoms with van der Waals surface area (Å²) in [6, 6.07) is 0. The maximum atomic E-state index is 13.6. The van der Waals surface area contributed by atoms with Gasteiger partial charge in [-0.15, -0.1) is 0 Å². The molecular formula is C22H24O6. The number of carbonyl (C=O) groups excluding carboxylic acids is 4. The number of carbonyl (C=O) groups is 4. The summed E-state index contributed by atoms with van der Waals surface area (Å²) in [4.78, 5) is 52.8. The standard InChI is InChI=1S/C22H24O6/c1-27-19(25)21-15-7-3-5-9(23)11(7)17-13(15)14-16(21)8-4-6-10(24)12(8)18(14)22(17,21)20(26)28-2/h7-8,11-18H,3-6H2,1-2H3/t7-,8+,11-,12-,13-,14-,15+,16-,17+,18-,21?,22?/m1/s1. The minimum Gasteiger partial charge on any atom is -0.469 e. The molecule has 8 saturated carbocycles. The second kappa shape index (κ2) is 4.39. The molecule has 6 nitrogen and oxygen atoms in total. The van der Waals surface area contributed by atoms with Crippen molar-refractivity contribution >= 4 is 23.5 Å². The summed E-state index contributed by atoms with van der Waals surface area (Å²) in [6.45, 7) is 0. The maximum absolute atomic E-state index is 13.6. The van der Waals surface area contributed by atoms with Crippen LogP contribution in [0, 0.1) is 70.0 Å². The molecular weight excluding hydrogens is 360 g/mol. The highest BCUT2D eigenvalue weighted by molar-refractivity contribution is 5.99. The molecule has 8 fully saturated rings. The first kappa shape index (κ1) is 16.1. The minimum absolute atomic E-state index is 0.0448. The lowest BCUT2D eigenvalue weighted by molar-refractivity contribution is -0.208. The van der Waals surface area contributed by atoms with Crippen molar-refractivity contribution in [2.24, 2.45) is 70.0 Å². The van der Waals surface area contributed by atoms with E-state index in [0.717, 1.165) is 12.8 Å². The number of rotatable bonds is 2. The summed E-state index contributed by atoms with van der Waals surface area (Å²) in [5, 5.41) is 0. The molecule has 0 heterocycles. The molecule has 0 saturated heterocycles. The Balaban J connectivity index is 1.55. The predicted octanol–water partition coefficient (Wildman–Crippen LogP) is 1.26. The average molecular weight is 384 g/mol. The highest BCUT2D eigenvalue weighted by atomic mass is 16.5. The molecule has 0 aromatic carbocycles. The van der Waals surface area contributed by atoms with Crippen LogP contribution in [0.15, 0.2) is 0 Å². The van der Waals surface area contributed by atoms with Gasteiger partial charge in [0.15, 0.2) is 0 Å². The molecule has 8 bridgehead atoms. The lowest BCUT2D eigenvalue weighted by Gasteiger charge is -2.57. The van der Waals surface area contributed by atoms with Crippen LogP contribution in [0.5, 0.6) is 0 Å². The summed E-state index contributed by atoms with van der Waals surface area (Å²) in [7, 11) is 2.80. The van der Waals surface area contributed by atoms with E-state index in [1.54, 1.807) is 0 Å². The molecule has 2 unspecified atom stereocenters. The van der Waals surface area contributed by atoms with Gasteiger partial charge in [-0.05, 0) is 60.2 Å². The number of Topliss-reactive ketones (excluding diaryl/α,β-unsaturated/α-hetero) is 2. The zero-order chi connectivity index (χ0) is 19.3. The zero-order valence-electron chi connectivity index (χ0n) is 16.1. The predicted molar refractivity (Wildman–Crippen MR) is 92.3 cm³/mol. The van der Waals surface area contributed by atoms with Gasteiger partial charge in [-0.25, -0.2) is 0 Å². The van der Waals surface area contributed by atoms with Crippen molar-refractivity contribution in [2.45, 2.75) is 25.7 Å². The van der Waals surface area contributed by atoms with Crippen LogP contribution < -0.4 is 0 Å². The third-order valence-electron chi connectivity index (χ3n) is 10.7. The molecule has 0 spiro atoms. The van der Waals surface area contributed by atoms with Crippen molar-refractivity contribution in [3.05, 3.63) is 0 Å². The van der Waals surface area contributed by atoms with E-state index >= 15 is 0 Å². The van der Waals surface area contributed by atoms with Gasteiger partial charge in [-0.1, -0.05) is 0 Å². The third kappa shape index (κ3) is 1.10. The third-order valence-corrected chi connectivity index (χ3v) is 10.7. The molecule has 12 atom stereocenters. The average Bonchev–Trinajstić information content (AvgIpc) is 3.49. The van der Waals surface area contributed by atoms with Crippen molar-refractivity contribution < 1.29 is 28.7 Å². The number of methoxy groups -OCH3 is 2. The van der Waals surface area contributed by atoms with E-state index < -0.39 is 10.8 Å². The van der Waals surface area contributed by atoms with Crippen LogP contribution in [-0.2, 0) is 28.7 Å². The molecule has 0 N–H and O–H groups in total. The smallest absolute Gasteiger partial charge is 0.313 e. The van der Waals surface area contributed by atoms with E-state index in [1.807, 2.05) is 0 Å². The largest absolute Gasteiger partial charge is 0.469 e. The first-order chi connectivity index (χ1) is 13.5. The number of ketones is 2. The zero-order valence-corrected chi connectivity index (χ0v) is 16.1. The molecule has 0 aromatic heterocycles. The Morgan fingerprint density at radius 2 is 1.14 bits per heavy atom. The van der Waals surface area contributed by atoms with Gasteiger partial charge < -0.3 is 9.47 Å². The van der Waals surface area contributed by atoms with Crippen molar-refractivity contribution in [3.63, 3.8) is 0 Å². The number of ether oxygens (including phenoxy) is 2. The molecule has 8 aliphatic carbocycles. The van der Waals surface area contributed by atoms with Gasteiger partial charge in [0.25, 0.3) is 0 Å². The van der Waals surface area contributed by atoms with Gasteiger partial charge in [-0.2, -0.15) is 0 Å². The molecule has 6 heteroatoms.